The number of nitriles is 1. The molecule has 1 aliphatic rings. The second-order valence-electron chi connectivity index (χ2n) is 6.28. The van der Waals surface area contributed by atoms with Crippen LogP contribution in [0.2, 0.25) is 0 Å². The number of aryl methyl sites for hydroxylation is 1. The fraction of sp³-hybridized carbons (Fsp3) is 0.278. The Morgan fingerprint density at radius 2 is 2.24 bits per heavy atom. The summed E-state index contributed by atoms with van der Waals surface area (Å²) in [5, 5.41) is 10.2. The van der Waals surface area contributed by atoms with Crippen molar-refractivity contribution in [2.45, 2.75) is 12.5 Å². The highest BCUT2D eigenvalue weighted by Gasteiger charge is 2.39. The number of hydrogen-bond acceptors (Lipinski definition) is 7. The molecule has 1 atom stereocenters. The van der Waals surface area contributed by atoms with Gasteiger partial charge in [-0.25, -0.2) is 19.4 Å². The first-order valence-corrected chi connectivity index (χ1v) is 8.38. The minimum atomic E-state index is -1.74. The lowest BCUT2D eigenvalue weighted by Crippen LogP contribution is -2.42. The number of carbonyl (C=O) groups excluding carboxylic acids is 1. The van der Waals surface area contributed by atoms with Crippen LogP contribution in [-0.4, -0.2) is 46.9 Å². The van der Waals surface area contributed by atoms with Crippen LogP contribution in [0.1, 0.15) is 27.3 Å². The molecule has 0 aromatic carbocycles. The molecule has 0 aliphatic carbocycles. The SMILES string of the molecule is Cc1cc(C#N)cnc1C(=O)Nc1cccc(C2(CF)COCC(N(F)F)=N2)n1. The number of nitrogens with zero attached hydrogens (tertiary/aromatic N) is 5. The van der Waals surface area contributed by atoms with E-state index in [9.17, 15) is 18.1 Å². The molecule has 1 N–H and O–H groups in total. The fourth-order valence-electron chi connectivity index (χ4n) is 2.79. The van der Waals surface area contributed by atoms with Crippen LogP contribution < -0.4 is 5.32 Å². The zero-order chi connectivity index (χ0) is 21.0. The van der Waals surface area contributed by atoms with E-state index < -0.39 is 35.9 Å². The summed E-state index contributed by atoms with van der Waals surface area (Å²) in [5.41, 5.74) is -0.832. The number of aromatic nitrogens is 2. The van der Waals surface area contributed by atoms with Gasteiger partial charge in [-0.1, -0.05) is 15.0 Å². The zero-order valence-corrected chi connectivity index (χ0v) is 15.2. The number of halogens is 3. The lowest BCUT2D eigenvalue weighted by Gasteiger charge is -2.31. The molecule has 0 saturated carbocycles. The number of carbonyl (C=O) groups is 1. The Bertz CT molecular complexity index is 1010. The van der Waals surface area contributed by atoms with E-state index in [-0.39, 0.29) is 23.8 Å². The van der Waals surface area contributed by atoms with E-state index in [4.69, 9.17) is 10.00 Å². The van der Waals surface area contributed by atoms with Gasteiger partial charge in [0.25, 0.3) is 5.91 Å². The molecule has 1 aliphatic heterocycles. The Labute approximate surface area is 163 Å². The maximum Gasteiger partial charge on any atom is 0.275 e. The van der Waals surface area contributed by atoms with Gasteiger partial charge in [-0.2, -0.15) is 5.26 Å². The molecule has 2 aromatic rings. The van der Waals surface area contributed by atoms with Crippen LogP contribution >= 0.6 is 0 Å². The summed E-state index contributed by atoms with van der Waals surface area (Å²) in [6, 6.07) is 7.80. The van der Waals surface area contributed by atoms with Gasteiger partial charge >= 0.3 is 0 Å². The van der Waals surface area contributed by atoms with Crippen LogP contribution in [-0.2, 0) is 10.3 Å². The predicted octanol–water partition coefficient (Wildman–Crippen LogP) is 2.57. The van der Waals surface area contributed by atoms with Crippen LogP contribution in [0.4, 0.5) is 19.2 Å². The number of nitrogens with one attached hydrogen (secondary N) is 1. The third kappa shape index (κ3) is 4.17. The monoisotopic (exact) mass is 404 g/mol. The quantitative estimate of drug-likeness (QED) is 0.786. The van der Waals surface area contributed by atoms with Crippen LogP contribution in [0.25, 0.3) is 0 Å². The van der Waals surface area contributed by atoms with Gasteiger partial charge in [-0.15, -0.1) is 0 Å². The van der Waals surface area contributed by atoms with Gasteiger partial charge in [-0.05, 0) is 36.0 Å². The number of pyridine rings is 2. The van der Waals surface area contributed by atoms with Gasteiger partial charge in [0.2, 0.25) is 0 Å². The van der Waals surface area contributed by atoms with Gasteiger partial charge in [0.1, 0.15) is 30.9 Å². The van der Waals surface area contributed by atoms with Gasteiger partial charge in [0, 0.05) is 6.20 Å². The molecule has 29 heavy (non-hydrogen) atoms. The topological polar surface area (TPSA) is 104 Å². The second-order valence-corrected chi connectivity index (χ2v) is 6.28. The Morgan fingerprint density at radius 1 is 1.45 bits per heavy atom. The number of anilines is 1. The average molecular weight is 404 g/mol. The fourth-order valence-corrected chi connectivity index (χ4v) is 2.79. The van der Waals surface area contributed by atoms with Crippen LogP contribution in [0.3, 0.4) is 0 Å². The van der Waals surface area contributed by atoms with E-state index in [0.29, 0.717) is 11.1 Å². The van der Waals surface area contributed by atoms with Crippen LogP contribution in [0.5, 0.6) is 0 Å². The van der Waals surface area contributed by atoms with E-state index in [2.05, 4.69) is 20.3 Å². The highest BCUT2D eigenvalue weighted by Crippen LogP contribution is 2.30. The maximum atomic E-state index is 13.8. The third-order valence-electron chi connectivity index (χ3n) is 4.22. The number of rotatable bonds is 4. The van der Waals surface area contributed by atoms with E-state index in [1.165, 1.54) is 30.5 Å². The number of amides is 1. The molecule has 2 aromatic heterocycles. The highest BCUT2D eigenvalue weighted by atomic mass is 19.4. The highest BCUT2D eigenvalue weighted by molar-refractivity contribution is 6.03. The number of amidine groups is 1. The molecule has 8 nitrogen and oxygen atoms in total. The summed E-state index contributed by atoms with van der Waals surface area (Å²) in [6.07, 6.45) is 1.26. The number of hydrogen-bond donors (Lipinski definition) is 1. The summed E-state index contributed by atoms with van der Waals surface area (Å²) in [6.45, 7) is -0.221. The second kappa shape index (κ2) is 8.24. The third-order valence-corrected chi connectivity index (χ3v) is 4.22. The number of aliphatic imine (C=N–C) groups is 1. The molecule has 1 unspecified atom stereocenters. The summed E-state index contributed by atoms with van der Waals surface area (Å²) in [7, 11) is 0. The predicted molar refractivity (Wildman–Crippen MR) is 95.8 cm³/mol. The van der Waals surface area contributed by atoms with E-state index in [0.717, 1.165) is 0 Å². The van der Waals surface area contributed by atoms with Crippen molar-refractivity contribution in [3.05, 3.63) is 53.0 Å². The van der Waals surface area contributed by atoms with Crippen LogP contribution in [0, 0.1) is 18.3 Å². The largest absolute Gasteiger partial charge is 0.370 e. The van der Waals surface area contributed by atoms with Crippen molar-refractivity contribution < 1.29 is 22.9 Å². The molecule has 0 bridgehead atoms. The number of alkyl halides is 1. The van der Waals surface area contributed by atoms with Gasteiger partial charge < -0.3 is 10.1 Å². The molecule has 0 fully saturated rings. The standard InChI is InChI=1S/C18H15F3N6O2/c1-11-5-12(6-22)7-23-16(11)17(28)25-14-4-2-3-13(24-14)18(9-19)10-29-8-15(26-18)27(20)21/h2-5,7H,8-10H2,1H3,(H,24,25,28). The Balaban J connectivity index is 1.89. The van der Waals surface area contributed by atoms with Crippen molar-refractivity contribution in [2.24, 2.45) is 4.99 Å². The Morgan fingerprint density at radius 3 is 2.90 bits per heavy atom. The lowest BCUT2D eigenvalue weighted by atomic mass is 9.97. The molecule has 0 radical (unpaired) electrons. The summed E-state index contributed by atoms with van der Waals surface area (Å²) < 4.78 is 44.6. The van der Waals surface area contributed by atoms with E-state index in [1.807, 2.05) is 6.07 Å². The lowest BCUT2D eigenvalue weighted by molar-refractivity contribution is -0.0872. The first-order chi connectivity index (χ1) is 13.9. The molecular formula is C18H15F3N6O2. The van der Waals surface area contributed by atoms with Crippen molar-refractivity contribution >= 4 is 17.6 Å². The average Bonchev–Trinajstić information content (AvgIpc) is 2.73. The minimum absolute atomic E-state index is 0.0290. The molecular weight excluding hydrogens is 389 g/mol. The Kier molecular flexibility index (Phi) is 5.74. The van der Waals surface area contributed by atoms with Crippen molar-refractivity contribution in [2.75, 3.05) is 25.2 Å². The van der Waals surface area contributed by atoms with Gasteiger partial charge in [-0.3, -0.25) is 4.79 Å². The molecule has 0 spiro atoms. The van der Waals surface area contributed by atoms with Crippen molar-refractivity contribution in [1.82, 2.24) is 15.3 Å². The molecule has 1 amide bonds. The van der Waals surface area contributed by atoms with Crippen molar-refractivity contribution in [3.63, 3.8) is 0 Å². The van der Waals surface area contributed by atoms with Gasteiger partial charge in [0.05, 0.1) is 17.9 Å². The van der Waals surface area contributed by atoms with E-state index in [1.54, 1.807) is 6.92 Å². The van der Waals surface area contributed by atoms with Gasteiger partial charge in [0.15, 0.2) is 11.4 Å². The molecule has 150 valence electrons. The van der Waals surface area contributed by atoms with Crippen molar-refractivity contribution in [1.29, 1.82) is 5.26 Å². The summed E-state index contributed by atoms with van der Waals surface area (Å²) in [5.74, 6) is -1.25. The molecule has 3 rings (SSSR count). The van der Waals surface area contributed by atoms with E-state index >= 15 is 0 Å². The van der Waals surface area contributed by atoms with Crippen LogP contribution in [0.15, 0.2) is 35.5 Å². The first-order valence-electron chi connectivity index (χ1n) is 8.38. The molecule has 0 saturated heterocycles. The summed E-state index contributed by atoms with van der Waals surface area (Å²) >= 11 is 0. The number of ether oxygens (including phenoxy) is 1. The smallest absolute Gasteiger partial charge is 0.275 e. The molecule has 11 heteroatoms. The van der Waals surface area contributed by atoms with Crippen molar-refractivity contribution in [3.8, 4) is 6.07 Å². The normalized spacial score (nSPS) is 18.5. The minimum Gasteiger partial charge on any atom is -0.370 e. The molecule has 3 heterocycles. The maximum absolute atomic E-state index is 13.8. The zero-order valence-electron chi connectivity index (χ0n) is 15.2. The first kappa shape index (κ1) is 20.2. The summed E-state index contributed by atoms with van der Waals surface area (Å²) in [4.78, 5) is 24.4. The Hall–Kier alpha value is -3.52.